The average Bonchev–Trinajstić information content (AvgIpc) is 2.76. The standard InChI is InChI=1S/C13H23NO/c1-3-10(2)13(15)9-14-7-11-5-4-6-12(11)8-14/h10-12H,3-9H2,1-2H3. The van der Waals surface area contributed by atoms with Crippen molar-refractivity contribution in [1.82, 2.24) is 4.90 Å². The third-order valence-electron chi connectivity index (χ3n) is 4.34. The SMILES string of the molecule is CCC(C)C(=O)CN1CC2CCCC2C1. The molecule has 0 aromatic carbocycles. The minimum atomic E-state index is 0.255. The van der Waals surface area contributed by atoms with E-state index in [0.29, 0.717) is 12.3 Å². The first kappa shape index (κ1) is 11.1. The van der Waals surface area contributed by atoms with Crippen molar-refractivity contribution < 1.29 is 4.79 Å². The third kappa shape index (κ3) is 2.41. The predicted octanol–water partition coefficient (Wildman–Crippen LogP) is 2.33. The van der Waals surface area contributed by atoms with E-state index in [4.69, 9.17) is 0 Å². The molecule has 2 rings (SSSR count). The Morgan fingerprint density at radius 3 is 2.47 bits per heavy atom. The molecule has 86 valence electrons. The van der Waals surface area contributed by atoms with E-state index in [1.807, 2.05) is 0 Å². The summed E-state index contributed by atoms with van der Waals surface area (Å²) in [5.74, 6) is 2.52. The molecule has 1 saturated heterocycles. The van der Waals surface area contributed by atoms with Gasteiger partial charge in [-0.2, -0.15) is 0 Å². The minimum absolute atomic E-state index is 0.255. The van der Waals surface area contributed by atoms with Crippen LogP contribution in [0.3, 0.4) is 0 Å². The first-order valence-electron chi connectivity index (χ1n) is 6.45. The maximum atomic E-state index is 11.8. The molecule has 1 aliphatic heterocycles. The van der Waals surface area contributed by atoms with Gasteiger partial charge in [-0.15, -0.1) is 0 Å². The van der Waals surface area contributed by atoms with Crippen LogP contribution in [0.15, 0.2) is 0 Å². The van der Waals surface area contributed by atoms with Gasteiger partial charge < -0.3 is 0 Å². The fraction of sp³-hybridized carbons (Fsp3) is 0.923. The van der Waals surface area contributed by atoms with Crippen LogP contribution in [0.5, 0.6) is 0 Å². The summed E-state index contributed by atoms with van der Waals surface area (Å²) in [7, 11) is 0. The number of fused-ring (bicyclic) bond motifs is 1. The molecule has 3 unspecified atom stereocenters. The van der Waals surface area contributed by atoms with Crippen molar-refractivity contribution in [2.75, 3.05) is 19.6 Å². The van der Waals surface area contributed by atoms with E-state index < -0.39 is 0 Å². The van der Waals surface area contributed by atoms with E-state index in [9.17, 15) is 4.79 Å². The van der Waals surface area contributed by atoms with Crippen LogP contribution in [0, 0.1) is 17.8 Å². The lowest BCUT2D eigenvalue weighted by Gasteiger charge is -2.17. The van der Waals surface area contributed by atoms with Gasteiger partial charge in [-0.1, -0.05) is 20.3 Å². The quantitative estimate of drug-likeness (QED) is 0.708. The van der Waals surface area contributed by atoms with Crippen molar-refractivity contribution in [3.05, 3.63) is 0 Å². The van der Waals surface area contributed by atoms with Crippen LogP contribution in [0.4, 0.5) is 0 Å². The van der Waals surface area contributed by atoms with E-state index in [-0.39, 0.29) is 5.92 Å². The Bertz CT molecular complexity index is 227. The summed E-state index contributed by atoms with van der Waals surface area (Å²) in [4.78, 5) is 14.2. The lowest BCUT2D eigenvalue weighted by Crippen LogP contribution is -2.31. The van der Waals surface area contributed by atoms with Gasteiger partial charge in [0, 0.05) is 19.0 Å². The van der Waals surface area contributed by atoms with Gasteiger partial charge in [-0.25, -0.2) is 0 Å². The predicted molar refractivity (Wildman–Crippen MR) is 61.7 cm³/mol. The normalized spacial score (nSPS) is 32.9. The van der Waals surface area contributed by atoms with E-state index >= 15 is 0 Å². The van der Waals surface area contributed by atoms with Crippen molar-refractivity contribution in [3.8, 4) is 0 Å². The molecule has 0 radical (unpaired) electrons. The van der Waals surface area contributed by atoms with Crippen LogP contribution >= 0.6 is 0 Å². The molecule has 0 bridgehead atoms. The molecule has 1 heterocycles. The fourth-order valence-corrected chi connectivity index (χ4v) is 3.07. The Morgan fingerprint density at radius 1 is 1.33 bits per heavy atom. The second kappa shape index (κ2) is 4.65. The second-order valence-corrected chi connectivity index (χ2v) is 5.42. The molecule has 0 aromatic rings. The largest absolute Gasteiger partial charge is 0.298 e. The van der Waals surface area contributed by atoms with Gasteiger partial charge in [0.1, 0.15) is 5.78 Å². The Kier molecular flexibility index (Phi) is 3.45. The monoisotopic (exact) mass is 209 g/mol. The number of carbonyl (C=O) groups excluding carboxylic acids is 1. The molecule has 2 nitrogen and oxygen atoms in total. The molecule has 0 amide bonds. The Hall–Kier alpha value is -0.370. The molecule has 0 spiro atoms. The first-order chi connectivity index (χ1) is 7.20. The van der Waals surface area contributed by atoms with Crippen molar-refractivity contribution >= 4 is 5.78 Å². The highest BCUT2D eigenvalue weighted by molar-refractivity contribution is 5.82. The van der Waals surface area contributed by atoms with Crippen LogP contribution in [0.1, 0.15) is 39.5 Å². The number of rotatable bonds is 4. The zero-order valence-electron chi connectivity index (χ0n) is 10.0. The van der Waals surface area contributed by atoms with Gasteiger partial charge in [-0.3, -0.25) is 9.69 Å². The third-order valence-corrected chi connectivity index (χ3v) is 4.34. The Labute approximate surface area is 93.0 Å². The van der Waals surface area contributed by atoms with Crippen molar-refractivity contribution in [2.45, 2.75) is 39.5 Å². The van der Waals surface area contributed by atoms with Crippen molar-refractivity contribution in [3.63, 3.8) is 0 Å². The van der Waals surface area contributed by atoms with Gasteiger partial charge in [0.25, 0.3) is 0 Å². The highest BCUT2D eigenvalue weighted by atomic mass is 16.1. The zero-order chi connectivity index (χ0) is 10.8. The molecule has 0 N–H and O–H groups in total. The number of carbonyl (C=O) groups is 1. The molecule has 0 aromatic heterocycles. The summed E-state index contributed by atoms with van der Waals surface area (Å²) in [6.45, 7) is 7.24. The molecule has 3 atom stereocenters. The molecule has 2 aliphatic rings. The van der Waals surface area contributed by atoms with Crippen molar-refractivity contribution in [2.24, 2.45) is 17.8 Å². The summed E-state index contributed by atoms with van der Waals surface area (Å²) in [5.41, 5.74) is 0. The lowest BCUT2D eigenvalue weighted by atomic mass is 10.0. The van der Waals surface area contributed by atoms with E-state index in [1.54, 1.807) is 0 Å². The van der Waals surface area contributed by atoms with Gasteiger partial charge in [-0.05, 0) is 31.1 Å². The lowest BCUT2D eigenvalue weighted by molar-refractivity contribution is -0.123. The number of ketones is 1. The van der Waals surface area contributed by atoms with Gasteiger partial charge in [0.15, 0.2) is 0 Å². The molecule has 1 saturated carbocycles. The van der Waals surface area contributed by atoms with Crippen molar-refractivity contribution in [1.29, 1.82) is 0 Å². The molecular formula is C13H23NO. The summed E-state index contributed by atoms with van der Waals surface area (Å²) in [6.07, 6.45) is 5.21. The molecule has 2 heteroatoms. The van der Waals surface area contributed by atoms with E-state index in [1.165, 1.54) is 32.4 Å². The maximum absolute atomic E-state index is 11.8. The number of hydrogen-bond acceptors (Lipinski definition) is 2. The molecular weight excluding hydrogens is 186 g/mol. The number of hydrogen-bond donors (Lipinski definition) is 0. The molecule has 2 fully saturated rings. The summed E-state index contributed by atoms with van der Waals surface area (Å²) < 4.78 is 0. The van der Waals surface area contributed by atoms with Crippen LogP contribution in [0.25, 0.3) is 0 Å². The van der Waals surface area contributed by atoms with Crippen LogP contribution < -0.4 is 0 Å². The van der Waals surface area contributed by atoms with Crippen LogP contribution in [0.2, 0.25) is 0 Å². The van der Waals surface area contributed by atoms with E-state index in [0.717, 1.165) is 18.3 Å². The molecule has 1 aliphatic carbocycles. The number of nitrogens with zero attached hydrogens (tertiary/aromatic N) is 1. The minimum Gasteiger partial charge on any atom is -0.298 e. The summed E-state index contributed by atoms with van der Waals surface area (Å²) in [5, 5.41) is 0. The highest BCUT2D eigenvalue weighted by Gasteiger charge is 2.36. The second-order valence-electron chi connectivity index (χ2n) is 5.42. The summed E-state index contributed by atoms with van der Waals surface area (Å²) in [6, 6.07) is 0. The zero-order valence-corrected chi connectivity index (χ0v) is 10.0. The first-order valence-corrected chi connectivity index (χ1v) is 6.45. The maximum Gasteiger partial charge on any atom is 0.149 e. The van der Waals surface area contributed by atoms with Gasteiger partial charge in [0.2, 0.25) is 0 Å². The van der Waals surface area contributed by atoms with E-state index in [2.05, 4.69) is 18.7 Å². The Morgan fingerprint density at radius 2 is 1.93 bits per heavy atom. The number of likely N-dealkylation sites (tertiary alicyclic amines) is 1. The summed E-state index contributed by atoms with van der Waals surface area (Å²) >= 11 is 0. The molecule has 15 heavy (non-hydrogen) atoms. The van der Waals surface area contributed by atoms with Crippen LogP contribution in [-0.2, 0) is 4.79 Å². The topological polar surface area (TPSA) is 20.3 Å². The van der Waals surface area contributed by atoms with Gasteiger partial charge in [0.05, 0.1) is 6.54 Å². The Balaban J connectivity index is 1.80. The highest BCUT2D eigenvalue weighted by Crippen LogP contribution is 2.37. The fourth-order valence-electron chi connectivity index (χ4n) is 3.07. The number of Topliss-reactive ketones (excluding diaryl/α,β-unsaturated/α-hetero) is 1. The van der Waals surface area contributed by atoms with Gasteiger partial charge >= 0.3 is 0 Å². The average molecular weight is 209 g/mol. The smallest absolute Gasteiger partial charge is 0.149 e. The van der Waals surface area contributed by atoms with Crippen LogP contribution in [-0.4, -0.2) is 30.3 Å².